The maximum absolute atomic E-state index is 10.7. The van der Waals surface area contributed by atoms with E-state index in [-0.39, 0.29) is 5.75 Å². The minimum atomic E-state index is -2.24. The number of carboxylic acid groups (broad SMARTS) is 2. The highest BCUT2D eigenvalue weighted by Gasteiger charge is 2.41. The molecule has 1 rings (SSSR count). The van der Waals surface area contributed by atoms with Crippen LogP contribution in [-0.2, 0) is 9.59 Å². The van der Waals surface area contributed by atoms with Crippen LogP contribution in [0.1, 0.15) is 0 Å². The third-order valence-electron chi connectivity index (χ3n) is 2.69. The topological polar surface area (TPSA) is 168 Å². The second kappa shape index (κ2) is 6.50. The molecule has 0 radical (unpaired) electrons. The van der Waals surface area contributed by atoms with Gasteiger partial charge in [0.05, 0.1) is 5.37 Å². The zero-order chi connectivity index (χ0) is 14.7. The van der Waals surface area contributed by atoms with Crippen LogP contribution in [0.15, 0.2) is 0 Å². The van der Waals surface area contributed by atoms with E-state index in [9.17, 15) is 24.9 Å². The minimum Gasteiger partial charge on any atom is -0.480 e. The van der Waals surface area contributed by atoms with Gasteiger partial charge in [-0.1, -0.05) is 0 Å². The van der Waals surface area contributed by atoms with Gasteiger partial charge in [0.1, 0.15) is 24.4 Å². The Morgan fingerprint density at radius 3 is 2.11 bits per heavy atom. The second-order valence-electron chi connectivity index (χ2n) is 4.07. The minimum absolute atomic E-state index is 0.154. The Bertz CT molecular complexity index is 353. The number of hydrogen-bond acceptors (Lipinski definition) is 8. The van der Waals surface area contributed by atoms with Crippen molar-refractivity contribution in [1.82, 2.24) is 5.32 Å². The molecule has 19 heavy (non-hydrogen) atoms. The van der Waals surface area contributed by atoms with Crippen LogP contribution in [0.3, 0.4) is 0 Å². The first-order chi connectivity index (χ1) is 8.75. The van der Waals surface area contributed by atoms with Crippen molar-refractivity contribution in [3.63, 3.8) is 0 Å². The van der Waals surface area contributed by atoms with Gasteiger partial charge in [-0.2, -0.15) is 0 Å². The summed E-state index contributed by atoms with van der Waals surface area (Å²) in [5, 5.41) is 56.5. The Balaban J connectivity index is 2.60. The van der Waals surface area contributed by atoms with Gasteiger partial charge in [-0.3, -0.25) is 10.1 Å². The molecular formula is C9H15NO8S. The lowest BCUT2D eigenvalue weighted by atomic mass is 10.0. The summed E-state index contributed by atoms with van der Waals surface area (Å²) >= 11 is 1.01. The molecular weight excluding hydrogens is 282 g/mol. The zero-order valence-electron chi connectivity index (χ0n) is 9.58. The number of hydrogen-bond donors (Lipinski definition) is 7. The molecule has 1 aliphatic heterocycles. The molecule has 6 atom stereocenters. The van der Waals surface area contributed by atoms with Crippen molar-refractivity contribution < 1.29 is 40.2 Å². The third-order valence-corrected chi connectivity index (χ3v) is 3.99. The molecule has 9 nitrogen and oxygen atoms in total. The Morgan fingerprint density at radius 1 is 1.11 bits per heavy atom. The molecule has 0 aromatic rings. The zero-order valence-corrected chi connectivity index (χ0v) is 10.4. The van der Waals surface area contributed by atoms with Crippen LogP contribution in [-0.4, -0.2) is 84.2 Å². The summed E-state index contributed by atoms with van der Waals surface area (Å²) in [6.45, 7) is 0. The fraction of sp³-hybridized carbons (Fsp3) is 0.778. The number of nitrogens with one attached hydrogen (secondary N) is 1. The standard InChI is InChI=1S/C9H15NO8S/c11-3(4(12)6(14)9(17)18)5(13)7-10-2(1-19-7)8(15)16/h2-7,10-14H,1H2,(H,15,16)(H,17,18)/t2-,3-,4+,5+,6+,7+/m0/s1. The molecule has 7 N–H and O–H groups in total. The van der Waals surface area contributed by atoms with E-state index >= 15 is 0 Å². The van der Waals surface area contributed by atoms with Crippen molar-refractivity contribution in [2.24, 2.45) is 0 Å². The number of thioether (sulfide) groups is 1. The molecule has 0 spiro atoms. The summed E-state index contributed by atoms with van der Waals surface area (Å²) in [4.78, 5) is 21.1. The molecule has 0 amide bonds. The predicted molar refractivity (Wildman–Crippen MR) is 62.5 cm³/mol. The molecule has 0 saturated carbocycles. The number of aliphatic hydroxyl groups excluding tert-OH is 4. The van der Waals surface area contributed by atoms with Crippen molar-refractivity contribution in [3.05, 3.63) is 0 Å². The van der Waals surface area contributed by atoms with Crippen LogP contribution in [0.4, 0.5) is 0 Å². The lowest BCUT2D eigenvalue weighted by molar-refractivity contribution is -0.162. The molecule has 1 fully saturated rings. The van der Waals surface area contributed by atoms with Crippen molar-refractivity contribution in [2.45, 2.75) is 35.8 Å². The Kier molecular flexibility index (Phi) is 5.52. The first-order valence-corrected chi connectivity index (χ1v) is 6.36. The second-order valence-corrected chi connectivity index (χ2v) is 5.24. The van der Waals surface area contributed by atoms with E-state index in [1.165, 1.54) is 0 Å². The van der Waals surface area contributed by atoms with Gasteiger partial charge < -0.3 is 30.6 Å². The van der Waals surface area contributed by atoms with E-state index < -0.39 is 47.8 Å². The van der Waals surface area contributed by atoms with E-state index in [1.54, 1.807) is 0 Å². The van der Waals surface area contributed by atoms with Crippen LogP contribution >= 0.6 is 11.8 Å². The predicted octanol–water partition coefficient (Wildman–Crippen LogP) is -3.37. The van der Waals surface area contributed by atoms with Crippen LogP contribution in [0.25, 0.3) is 0 Å². The SMILES string of the molecule is O=C(O)[C@@H]1CS[C@H]([C@H](O)[C@@H](O)[C@@H](O)[C@@H](O)C(=O)O)N1. The third kappa shape index (κ3) is 3.78. The fourth-order valence-electron chi connectivity index (χ4n) is 1.55. The van der Waals surface area contributed by atoms with Crippen LogP contribution in [0.5, 0.6) is 0 Å². The van der Waals surface area contributed by atoms with Crippen LogP contribution < -0.4 is 5.32 Å². The fourth-order valence-corrected chi connectivity index (χ4v) is 2.81. The normalized spacial score (nSPS) is 29.5. The van der Waals surface area contributed by atoms with Crippen LogP contribution in [0.2, 0.25) is 0 Å². The summed E-state index contributed by atoms with van der Waals surface area (Å²) in [5.41, 5.74) is 0. The smallest absolute Gasteiger partial charge is 0.335 e. The van der Waals surface area contributed by atoms with E-state index in [0.29, 0.717) is 0 Å². The number of rotatable bonds is 6. The number of carbonyl (C=O) groups is 2. The van der Waals surface area contributed by atoms with Crippen molar-refractivity contribution in [3.8, 4) is 0 Å². The van der Waals surface area contributed by atoms with Crippen LogP contribution in [0, 0.1) is 0 Å². The average Bonchev–Trinajstić information content (AvgIpc) is 2.84. The van der Waals surface area contributed by atoms with Gasteiger partial charge in [0, 0.05) is 5.75 Å². The summed E-state index contributed by atoms with van der Waals surface area (Å²) in [7, 11) is 0. The summed E-state index contributed by atoms with van der Waals surface area (Å²) in [6, 6.07) is -0.904. The summed E-state index contributed by atoms with van der Waals surface area (Å²) in [6.07, 6.45) is -7.88. The molecule has 1 heterocycles. The maximum Gasteiger partial charge on any atom is 0.335 e. The van der Waals surface area contributed by atoms with Crippen molar-refractivity contribution in [2.75, 3.05) is 5.75 Å². The van der Waals surface area contributed by atoms with Crippen molar-refractivity contribution >= 4 is 23.7 Å². The van der Waals surface area contributed by atoms with E-state index in [4.69, 9.17) is 15.3 Å². The largest absolute Gasteiger partial charge is 0.480 e. The maximum atomic E-state index is 10.7. The lowest BCUT2D eigenvalue weighted by Crippen LogP contribution is -2.53. The molecule has 1 aliphatic rings. The van der Waals surface area contributed by atoms with Gasteiger partial charge in [0.15, 0.2) is 6.10 Å². The van der Waals surface area contributed by atoms with Crippen molar-refractivity contribution in [1.29, 1.82) is 0 Å². The van der Waals surface area contributed by atoms with E-state index in [1.807, 2.05) is 0 Å². The molecule has 0 bridgehead atoms. The Morgan fingerprint density at radius 2 is 1.68 bits per heavy atom. The molecule has 0 aromatic carbocycles. The Hall–Kier alpha value is -0.910. The highest BCUT2D eigenvalue weighted by atomic mass is 32.2. The van der Waals surface area contributed by atoms with E-state index in [0.717, 1.165) is 11.8 Å². The van der Waals surface area contributed by atoms with Gasteiger partial charge in [0.25, 0.3) is 0 Å². The first-order valence-electron chi connectivity index (χ1n) is 5.31. The highest BCUT2D eigenvalue weighted by molar-refractivity contribution is 8.00. The molecule has 10 heteroatoms. The molecule has 0 unspecified atom stereocenters. The summed E-state index contributed by atoms with van der Waals surface area (Å²) in [5.74, 6) is -2.71. The molecule has 1 saturated heterocycles. The van der Waals surface area contributed by atoms with Gasteiger partial charge in [-0.25, -0.2) is 4.79 Å². The number of carboxylic acids is 2. The van der Waals surface area contributed by atoms with Gasteiger partial charge in [-0.15, -0.1) is 11.8 Å². The molecule has 0 aromatic heterocycles. The first kappa shape index (κ1) is 16.1. The monoisotopic (exact) mass is 297 g/mol. The summed E-state index contributed by atoms with van der Waals surface area (Å²) < 4.78 is 0. The van der Waals surface area contributed by atoms with Gasteiger partial charge >= 0.3 is 11.9 Å². The quantitative estimate of drug-likeness (QED) is 0.263. The highest BCUT2D eigenvalue weighted by Crippen LogP contribution is 2.24. The van der Waals surface area contributed by atoms with Gasteiger partial charge in [0.2, 0.25) is 0 Å². The Labute approximate surface area is 111 Å². The number of aliphatic hydroxyl groups is 4. The van der Waals surface area contributed by atoms with Gasteiger partial charge in [-0.05, 0) is 0 Å². The lowest BCUT2D eigenvalue weighted by Gasteiger charge is -2.28. The van der Waals surface area contributed by atoms with E-state index in [2.05, 4.69) is 5.32 Å². The number of aliphatic carboxylic acids is 2. The molecule has 110 valence electrons. The average molecular weight is 297 g/mol. The molecule has 0 aliphatic carbocycles.